The van der Waals surface area contributed by atoms with E-state index in [4.69, 9.17) is 5.26 Å². The summed E-state index contributed by atoms with van der Waals surface area (Å²) in [5.41, 5.74) is 2.77. The molecule has 0 spiro atoms. The zero-order valence-electron chi connectivity index (χ0n) is 12.7. The number of carbonyl (C=O) groups excluding carboxylic acids is 2. The molecule has 0 aliphatic carbocycles. The Morgan fingerprint density at radius 3 is 2.35 bits per heavy atom. The van der Waals surface area contributed by atoms with Crippen LogP contribution < -0.4 is 10.6 Å². The second kappa shape index (κ2) is 7.09. The van der Waals surface area contributed by atoms with Gasteiger partial charge in [0.15, 0.2) is 0 Å². The standard InChI is InChI=1S/C17H15N3O3/c1-11(21)19-16-9-12(10-18)3-8-15(16)20-14-6-4-13(5-7-14)17(22)23-2/h3-9,20H,1-2H3,(H,19,21). The molecule has 0 unspecified atom stereocenters. The van der Waals surface area contributed by atoms with Gasteiger partial charge in [-0.3, -0.25) is 4.79 Å². The highest BCUT2D eigenvalue weighted by molar-refractivity contribution is 5.94. The van der Waals surface area contributed by atoms with Gasteiger partial charge >= 0.3 is 5.97 Å². The maximum Gasteiger partial charge on any atom is 0.337 e. The second-order valence-electron chi connectivity index (χ2n) is 4.75. The predicted octanol–water partition coefficient (Wildman–Crippen LogP) is 3.05. The number of benzene rings is 2. The van der Waals surface area contributed by atoms with Crippen molar-refractivity contribution in [2.45, 2.75) is 6.92 Å². The summed E-state index contributed by atoms with van der Waals surface area (Å²) in [5.74, 6) is -0.641. The van der Waals surface area contributed by atoms with Crippen LogP contribution in [0, 0.1) is 11.3 Å². The summed E-state index contributed by atoms with van der Waals surface area (Å²) in [6.45, 7) is 1.40. The number of nitriles is 1. The summed E-state index contributed by atoms with van der Waals surface area (Å²) < 4.78 is 4.65. The molecule has 0 heterocycles. The van der Waals surface area contributed by atoms with Crippen molar-refractivity contribution in [3.05, 3.63) is 53.6 Å². The van der Waals surface area contributed by atoms with Gasteiger partial charge in [0, 0.05) is 12.6 Å². The molecule has 6 heteroatoms. The number of methoxy groups -OCH3 is 1. The summed E-state index contributed by atoms with van der Waals surface area (Å²) in [5, 5.41) is 14.8. The van der Waals surface area contributed by atoms with Gasteiger partial charge in [-0.1, -0.05) is 0 Å². The number of rotatable bonds is 4. The van der Waals surface area contributed by atoms with E-state index in [1.807, 2.05) is 6.07 Å². The van der Waals surface area contributed by atoms with Crippen molar-refractivity contribution in [3.63, 3.8) is 0 Å². The molecule has 0 bridgehead atoms. The van der Waals surface area contributed by atoms with Crippen LogP contribution in [0.1, 0.15) is 22.8 Å². The molecule has 116 valence electrons. The zero-order chi connectivity index (χ0) is 16.8. The number of hydrogen-bond acceptors (Lipinski definition) is 5. The van der Waals surface area contributed by atoms with Crippen LogP contribution in [0.25, 0.3) is 0 Å². The summed E-state index contributed by atoms with van der Waals surface area (Å²) in [7, 11) is 1.32. The van der Waals surface area contributed by atoms with Crippen molar-refractivity contribution in [1.29, 1.82) is 5.26 Å². The Morgan fingerprint density at radius 1 is 1.09 bits per heavy atom. The van der Waals surface area contributed by atoms with Crippen LogP contribution in [0.4, 0.5) is 17.1 Å². The fraction of sp³-hybridized carbons (Fsp3) is 0.118. The molecule has 2 N–H and O–H groups in total. The van der Waals surface area contributed by atoms with Gasteiger partial charge < -0.3 is 15.4 Å². The molecule has 0 aromatic heterocycles. The van der Waals surface area contributed by atoms with Crippen LogP contribution in [0.3, 0.4) is 0 Å². The van der Waals surface area contributed by atoms with Crippen molar-refractivity contribution in [1.82, 2.24) is 0 Å². The zero-order valence-corrected chi connectivity index (χ0v) is 12.7. The van der Waals surface area contributed by atoms with Crippen LogP contribution in [0.5, 0.6) is 0 Å². The number of anilines is 3. The monoisotopic (exact) mass is 309 g/mol. The third-order valence-corrected chi connectivity index (χ3v) is 3.04. The molecule has 0 atom stereocenters. The fourth-order valence-electron chi connectivity index (χ4n) is 1.98. The minimum atomic E-state index is -0.408. The average Bonchev–Trinajstić information content (AvgIpc) is 2.56. The minimum Gasteiger partial charge on any atom is -0.465 e. The smallest absolute Gasteiger partial charge is 0.337 e. The molecular formula is C17H15N3O3. The summed E-state index contributed by atoms with van der Waals surface area (Å²) in [4.78, 5) is 22.7. The van der Waals surface area contributed by atoms with E-state index in [-0.39, 0.29) is 5.91 Å². The Hall–Kier alpha value is -3.33. The second-order valence-corrected chi connectivity index (χ2v) is 4.75. The van der Waals surface area contributed by atoms with Gasteiger partial charge in [0.2, 0.25) is 5.91 Å². The Balaban J connectivity index is 2.27. The molecule has 6 nitrogen and oxygen atoms in total. The van der Waals surface area contributed by atoms with E-state index in [9.17, 15) is 9.59 Å². The van der Waals surface area contributed by atoms with E-state index in [0.29, 0.717) is 22.5 Å². The third-order valence-electron chi connectivity index (χ3n) is 3.04. The first-order valence-corrected chi connectivity index (χ1v) is 6.80. The van der Waals surface area contributed by atoms with E-state index in [2.05, 4.69) is 15.4 Å². The lowest BCUT2D eigenvalue weighted by molar-refractivity contribution is -0.114. The van der Waals surface area contributed by atoms with Gasteiger partial charge in [-0.2, -0.15) is 5.26 Å². The van der Waals surface area contributed by atoms with Gasteiger partial charge in [-0.15, -0.1) is 0 Å². The third kappa shape index (κ3) is 4.08. The van der Waals surface area contributed by atoms with Crippen molar-refractivity contribution in [3.8, 4) is 6.07 Å². The number of carbonyl (C=O) groups is 2. The Kier molecular flexibility index (Phi) is 4.95. The van der Waals surface area contributed by atoms with E-state index >= 15 is 0 Å². The summed E-state index contributed by atoms with van der Waals surface area (Å²) in [6, 6.07) is 13.7. The highest BCUT2D eigenvalue weighted by Gasteiger charge is 2.08. The quantitative estimate of drug-likeness (QED) is 0.847. The first-order chi connectivity index (χ1) is 11.0. The number of ether oxygens (including phenoxy) is 1. The van der Waals surface area contributed by atoms with Crippen molar-refractivity contribution < 1.29 is 14.3 Å². The Morgan fingerprint density at radius 2 is 1.78 bits per heavy atom. The highest BCUT2D eigenvalue weighted by Crippen LogP contribution is 2.27. The van der Waals surface area contributed by atoms with E-state index in [1.54, 1.807) is 42.5 Å². The number of nitrogens with one attached hydrogen (secondary N) is 2. The maximum absolute atomic E-state index is 11.4. The molecule has 1 amide bonds. The molecular weight excluding hydrogens is 294 g/mol. The molecule has 0 aliphatic heterocycles. The van der Waals surface area contributed by atoms with Gasteiger partial charge in [0.25, 0.3) is 0 Å². The number of nitrogens with zero attached hydrogens (tertiary/aromatic N) is 1. The minimum absolute atomic E-state index is 0.232. The largest absolute Gasteiger partial charge is 0.465 e. The van der Waals surface area contributed by atoms with E-state index < -0.39 is 5.97 Å². The molecule has 23 heavy (non-hydrogen) atoms. The van der Waals surface area contributed by atoms with E-state index in [1.165, 1.54) is 14.0 Å². The predicted molar refractivity (Wildman–Crippen MR) is 86.5 cm³/mol. The molecule has 2 aromatic carbocycles. The summed E-state index contributed by atoms with van der Waals surface area (Å²) in [6.07, 6.45) is 0. The molecule has 0 aliphatic rings. The SMILES string of the molecule is COC(=O)c1ccc(Nc2ccc(C#N)cc2NC(C)=O)cc1. The molecule has 0 saturated heterocycles. The molecule has 0 saturated carbocycles. The van der Waals surface area contributed by atoms with Gasteiger partial charge in [0.05, 0.1) is 35.7 Å². The van der Waals surface area contributed by atoms with Gasteiger partial charge in [0.1, 0.15) is 0 Å². The van der Waals surface area contributed by atoms with Gasteiger partial charge in [-0.25, -0.2) is 4.79 Å². The lowest BCUT2D eigenvalue weighted by Gasteiger charge is -2.13. The van der Waals surface area contributed by atoms with Crippen molar-refractivity contribution >= 4 is 28.9 Å². The molecule has 2 rings (SSSR count). The Labute approximate surface area is 133 Å². The summed E-state index contributed by atoms with van der Waals surface area (Å²) >= 11 is 0. The van der Waals surface area contributed by atoms with Crippen LogP contribution >= 0.6 is 0 Å². The number of hydrogen-bond donors (Lipinski definition) is 2. The van der Waals surface area contributed by atoms with Crippen molar-refractivity contribution in [2.24, 2.45) is 0 Å². The first kappa shape index (κ1) is 16.0. The van der Waals surface area contributed by atoms with Crippen LogP contribution in [-0.2, 0) is 9.53 Å². The topological polar surface area (TPSA) is 91.2 Å². The normalized spacial score (nSPS) is 9.61. The first-order valence-electron chi connectivity index (χ1n) is 6.80. The Bertz CT molecular complexity index is 777. The van der Waals surface area contributed by atoms with E-state index in [0.717, 1.165) is 5.69 Å². The lowest BCUT2D eigenvalue weighted by Crippen LogP contribution is -2.08. The van der Waals surface area contributed by atoms with Gasteiger partial charge in [-0.05, 0) is 42.5 Å². The van der Waals surface area contributed by atoms with Crippen molar-refractivity contribution in [2.75, 3.05) is 17.7 Å². The molecule has 0 fully saturated rings. The van der Waals surface area contributed by atoms with Crippen LogP contribution in [-0.4, -0.2) is 19.0 Å². The number of amides is 1. The van der Waals surface area contributed by atoms with Crippen LogP contribution in [0.15, 0.2) is 42.5 Å². The fourth-order valence-corrected chi connectivity index (χ4v) is 1.98. The molecule has 0 radical (unpaired) electrons. The highest BCUT2D eigenvalue weighted by atomic mass is 16.5. The number of esters is 1. The average molecular weight is 309 g/mol. The molecule has 2 aromatic rings. The van der Waals surface area contributed by atoms with Crippen LogP contribution in [0.2, 0.25) is 0 Å². The lowest BCUT2D eigenvalue weighted by atomic mass is 10.1. The maximum atomic E-state index is 11.4.